The second-order valence-electron chi connectivity index (χ2n) is 3.50. The largest absolute Gasteiger partial charge is 0.394 e. The topological polar surface area (TPSA) is 79.1 Å². The van der Waals surface area contributed by atoms with Crippen LogP contribution in [0.4, 0.5) is 0 Å². The second kappa shape index (κ2) is 3.32. The van der Waals surface area contributed by atoms with Crippen molar-refractivity contribution in [1.29, 1.82) is 0 Å². The van der Waals surface area contributed by atoms with Gasteiger partial charge in [0.2, 0.25) is 0 Å². The molecule has 1 aromatic heterocycles. The average molecular weight is 182 g/mol. The number of aliphatic hydroxyl groups excluding tert-OH is 1. The van der Waals surface area contributed by atoms with Crippen molar-refractivity contribution in [3.63, 3.8) is 0 Å². The Morgan fingerprint density at radius 3 is 2.85 bits per heavy atom. The molecule has 13 heavy (non-hydrogen) atoms. The highest BCUT2D eigenvalue weighted by Gasteiger charge is 2.23. The number of hydrogen-bond acceptors (Lipinski definition) is 3. The molecule has 1 unspecified atom stereocenters. The maximum atomic E-state index is 11.3. The molecule has 0 radical (unpaired) electrons. The smallest absolute Gasteiger partial charge is 0.253 e. The number of aromatic nitrogens is 1. The van der Waals surface area contributed by atoms with E-state index >= 15 is 0 Å². The van der Waals surface area contributed by atoms with Crippen molar-refractivity contribution < 1.29 is 5.11 Å². The monoisotopic (exact) mass is 182 g/mol. The molecule has 1 rings (SSSR count). The van der Waals surface area contributed by atoms with E-state index in [1.165, 1.54) is 0 Å². The number of rotatable bonds is 2. The molecule has 0 aliphatic heterocycles. The van der Waals surface area contributed by atoms with Crippen molar-refractivity contribution in [3.05, 3.63) is 33.7 Å². The molecular formula is C9H14N2O2. The van der Waals surface area contributed by atoms with Crippen LogP contribution in [0, 0.1) is 6.92 Å². The Labute approximate surface area is 76.4 Å². The lowest BCUT2D eigenvalue weighted by atomic mass is 9.95. The van der Waals surface area contributed by atoms with Crippen LogP contribution in [0.2, 0.25) is 0 Å². The van der Waals surface area contributed by atoms with E-state index in [0.717, 1.165) is 5.56 Å². The van der Waals surface area contributed by atoms with Crippen molar-refractivity contribution in [1.82, 2.24) is 4.98 Å². The molecule has 0 bridgehead atoms. The normalized spacial score (nSPS) is 15.4. The van der Waals surface area contributed by atoms with E-state index in [1.54, 1.807) is 19.2 Å². The molecule has 1 atom stereocenters. The lowest BCUT2D eigenvalue weighted by molar-refractivity contribution is 0.209. The zero-order valence-electron chi connectivity index (χ0n) is 7.79. The Hall–Kier alpha value is -1.13. The van der Waals surface area contributed by atoms with Gasteiger partial charge < -0.3 is 15.8 Å². The molecule has 0 aliphatic carbocycles. The highest BCUT2D eigenvalue weighted by molar-refractivity contribution is 5.23. The minimum atomic E-state index is -0.973. The van der Waals surface area contributed by atoms with Crippen LogP contribution in [0.5, 0.6) is 0 Å². The summed E-state index contributed by atoms with van der Waals surface area (Å²) >= 11 is 0. The summed E-state index contributed by atoms with van der Waals surface area (Å²) in [4.78, 5) is 13.9. The number of aryl methyl sites for hydroxylation is 1. The summed E-state index contributed by atoms with van der Waals surface area (Å²) in [5, 5.41) is 8.99. The van der Waals surface area contributed by atoms with Crippen LogP contribution in [0.15, 0.2) is 17.1 Å². The van der Waals surface area contributed by atoms with Gasteiger partial charge in [-0.2, -0.15) is 0 Å². The van der Waals surface area contributed by atoms with Crippen LogP contribution < -0.4 is 11.3 Å². The third kappa shape index (κ3) is 1.96. The van der Waals surface area contributed by atoms with E-state index in [1.807, 2.05) is 6.92 Å². The first-order valence-electron chi connectivity index (χ1n) is 4.07. The first-order valence-corrected chi connectivity index (χ1v) is 4.07. The van der Waals surface area contributed by atoms with Crippen LogP contribution in [0.1, 0.15) is 18.1 Å². The molecule has 0 aliphatic rings. The van der Waals surface area contributed by atoms with Gasteiger partial charge >= 0.3 is 0 Å². The number of hydrogen-bond donors (Lipinski definition) is 3. The molecule has 0 spiro atoms. The Morgan fingerprint density at radius 2 is 2.31 bits per heavy atom. The number of pyridine rings is 1. The van der Waals surface area contributed by atoms with Gasteiger partial charge in [0.15, 0.2) is 0 Å². The number of H-pyrrole nitrogens is 1. The fourth-order valence-electron chi connectivity index (χ4n) is 1.10. The SMILES string of the molecule is Cc1c[nH]c(=O)c(C(C)(N)CO)c1. The van der Waals surface area contributed by atoms with Crippen LogP contribution in [-0.4, -0.2) is 16.7 Å². The highest BCUT2D eigenvalue weighted by Crippen LogP contribution is 2.12. The molecule has 72 valence electrons. The molecule has 0 saturated heterocycles. The quantitative estimate of drug-likeness (QED) is 0.595. The van der Waals surface area contributed by atoms with Crippen molar-refractivity contribution in [2.45, 2.75) is 19.4 Å². The summed E-state index contributed by atoms with van der Waals surface area (Å²) in [6, 6.07) is 1.69. The van der Waals surface area contributed by atoms with E-state index in [0.29, 0.717) is 5.56 Å². The maximum Gasteiger partial charge on any atom is 0.253 e. The Morgan fingerprint density at radius 1 is 1.69 bits per heavy atom. The van der Waals surface area contributed by atoms with Crippen molar-refractivity contribution in [2.24, 2.45) is 5.73 Å². The summed E-state index contributed by atoms with van der Waals surface area (Å²) in [5.41, 5.74) is 5.85. The van der Waals surface area contributed by atoms with Crippen molar-refractivity contribution in [3.8, 4) is 0 Å². The summed E-state index contributed by atoms with van der Waals surface area (Å²) in [7, 11) is 0. The van der Waals surface area contributed by atoms with E-state index in [9.17, 15) is 4.79 Å². The predicted octanol–water partition coefficient (Wildman–Crippen LogP) is -0.150. The second-order valence-corrected chi connectivity index (χ2v) is 3.50. The Bertz CT molecular complexity index is 355. The molecule has 0 aromatic carbocycles. The summed E-state index contributed by atoms with van der Waals surface area (Å²) in [6.45, 7) is 3.23. The van der Waals surface area contributed by atoms with Gasteiger partial charge in [-0.15, -0.1) is 0 Å². The highest BCUT2D eigenvalue weighted by atomic mass is 16.3. The summed E-state index contributed by atoms with van der Waals surface area (Å²) in [5.74, 6) is 0. The molecular weight excluding hydrogens is 168 g/mol. The fraction of sp³-hybridized carbons (Fsp3) is 0.444. The van der Waals surface area contributed by atoms with Crippen molar-refractivity contribution >= 4 is 0 Å². The van der Waals surface area contributed by atoms with Gasteiger partial charge in [-0.1, -0.05) is 0 Å². The lowest BCUT2D eigenvalue weighted by Gasteiger charge is -2.21. The predicted molar refractivity (Wildman–Crippen MR) is 50.4 cm³/mol. The van der Waals surface area contributed by atoms with Gasteiger partial charge in [-0.25, -0.2) is 0 Å². The van der Waals surface area contributed by atoms with Gasteiger partial charge in [0.1, 0.15) is 0 Å². The molecule has 0 amide bonds. The molecule has 4 nitrogen and oxygen atoms in total. The average Bonchev–Trinajstić information content (AvgIpc) is 2.09. The van der Waals surface area contributed by atoms with Gasteiger partial charge in [0.05, 0.1) is 12.1 Å². The third-order valence-electron chi connectivity index (χ3n) is 1.99. The van der Waals surface area contributed by atoms with Crippen LogP contribution in [0.3, 0.4) is 0 Å². The molecule has 0 fully saturated rings. The molecule has 0 saturated carbocycles. The van der Waals surface area contributed by atoms with E-state index < -0.39 is 5.54 Å². The maximum absolute atomic E-state index is 11.3. The summed E-state index contributed by atoms with van der Waals surface area (Å²) < 4.78 is 0. The van der Waals surface area contributed by atoms with Gasteiger partial charge in [-0.05, 0) is 25.5 Å². The minimum absolute atomic E-state index is 0.246. The lowest BCUT2D eigenvalue weighted by Crippen LogP contribution is -2.41. The first kappa shape index (κ1) is 9.95. The molecule has 4 N–H and O–H groups in total. The van der Waals surface area contributed by atoms with Gasteiger partial charge in [-0.3, -0.25) is 4.79 Å². The number of aromatic amines is 1. The van der Waals surface area contributed by atoms with E-state index in [-0.39, 0.29) is 12.2 Å². The number of nitrogens with two attached hydrogens (primary N) is 1. The number of nitrogens with one attached hydrogen (secondary N) is 1. The molecule has 1 heterocycles. The fourth-order valence-corrected chi connectivity index (χ4v) is 1.10. The number of aliphatic hydroxyl groups is 1. The zero-order valence-corrected chi connectivity index (χ0v) is 7.79. The zero-order chi connectivity index (χ0) is 10.1. The van der Waals surface area contributed by atoms with E-state index in [2.05, 4.69) is 4.98 Å². The van der Waals surface area contributed by atoms with E-state index in [4.69, 9.17) is 10.8 Å². The first-order chi connectivity index (χ1) is 5.97. The third-order valence-corrected chi connectivity index (χ3v) is 1.99. The minimum Gasteiger partial charge on any atom is -0.394 e. The molecule has 4 heteroatoms. The van der Waals surface area contributed by atoms with Crippen LogP contribution in [-0.2, 0) is 5.54 Å². The van der Waals surface area contributed by atoms with Gasteiger partial charge in [0, 0.05) is 11.8 Å². The Kier molecular flexibility index (Phi) is 2.54. The standard InChI is InChI=1S/C9H14N2O2/c1-6-3-7(8(13)11-4-6)9(2,10)5-12/h3-4,12H,5,10H2,1-2H3,(H,11,13). The van der Waals surface area contributed by atoms with Crippen LogP contribution in [0.25, 0.3) is 0 Å². The van der Waals surface area contributed by atoms with Crippen LogP contribution >= 0.6 is 0 Å². The molecule has 1 aromatic rings. The Balaban J connectivity index is 3.29. The summed E-state index contributed by atoms with van der Waals surface area (Å²) in [6.07, 6.45) is 1.61. The van der Waals surface area contributed by atoms with Crippen molar-refractivity contribution in [2.75, 3.05) is 6.61 Å². The van der Waals surface area contributed by atoms with Gasteiger partial charge in [0.25, 0.3) is 5.56 Å².